The topological polar surface area (TPSA) is 25.4 Å². The summed E-state index contributed by atoms with van der Waals surface area (Å²) in [6.45, 7) is 7.42. The molecule has 2 heterocycles. The zero-order valence-corrected chi connectivity index (χ0v) is 18.1. The molecule has 0 saturated carbocycles. The first-order chi connectivity index (χ1) is 15.4. The maximum Gasteiger partial charge on any atom is 0.223 e. The lowest BCUT2D eigenvalue weighted by Gasteiger charge is -2.31. The predicted octanol–water partition coefficient (Wildman–Crippen LogP) is 6.07. The summed E-state index contributed by atoms with van der Waals surface area (Å²) in [6.07, 6.45) is 8.74. The number of fused-ring (bicyclic) bond motifs is 1. The molecule has 0 spiro atoms. The molecule has 0 amide bonds. The largest absolute Gasteiger partial charge is 0.480 e. The van der Waals surface area contributed by atoms with Gasteiger partial charge in [0.1, 0.15) is 17.3 Å². The van der Waals surface area contributed by atoms with Crippen molar-refractivity contribution in [3.05, 3.63) is 65.0 Å². The van der Waals surface area contributed by atoms with Crippen molar-refractivity contribution in [3.63, 3.8) is 0 Å². The fourth-order valence-corrected chi connectivity index (χ4v) is 4.37. The number of likely N-dealkylation sites (tertiary alicyclic amines) is 1. The molecule has 0 atom stereocenters. The molecular formula is C26H23F3N2O. The number of terminal acetylenes is 1. The van der Waals surface area contributed by atoms with Crippen LogP contribution in [0.2, 0.25) is 0 Å². The smallest absolute Gasteiger partial charge is 0.223 e. The van der Waals surface area contributed by atoms with Gasteiger partial charge in [0.15, 0.2) is 5.82 Å². The van der Waals surface area contributed by atoms with Gasteiger partial charge in [-0.1, -0.05) is 18.6 Å². The van der Waals surface area contributed by atoms with Crippen LogP contribution in [0.4, 0.5) is 13.2 Å². The van der Waals surface area contributed by atoms with Crippen LogP contribution in [-0.4, -0.2) is 30.1 Å². The quantitative estimate of drug-likeness (QED) is 0.464. The third kappa shape index (κ3) is 3.58. The van der Waals surface area contributed by atoms with Crippen molar-refractivity contribution in [3.8, 4) is 29.5 Å². The highest BCUT2D eigenvalue weighted by molar-refractivity contribution is 6.00. The zero-order chi connectivity index (χ0) is 23.0. The second-order valence-corrected chi connectivity index (χ2v) is 7.90. The normalized spacial score (nSPS) is 13.8. The molecule has 6 heteroatoms. The van der Waals surface area contributed by atoms with Crippen molar-refractivity contribution >= 4 is 16.5 Å². The van der Waals surface area contributed by atoms with E-state index in [0.717, 1.165) is 38.4 Å². The van der Waals surface area contributed by atoms with Gasteiger partial charge in [-0.25, -0.2) is 18.2 Å². The number of halogens is 3. The lowest BCUT2D eigenvalue weighted by molar-refractivity contribution is 0.323. The summed E-state index contributed by atoms with van der Waals surface area (Å²) in [5.74, 6) is 0.565. The van der Waals surface area contributed by atoms with E-state index in [1.54, 1.807) is 6.92 Å². The van der Waals surface area contributed by atoms with Gasteiger partial charge in [0.25, 0.3) is 0 Å². The van der Waals surface area contributed by atoms with Gasteiger partial charge in [0, 0.05) is 35.3 Å². The Morgan fingerprint density at radius 3 is 2.53 bits per heavy atom. The highest BCUT2D eigenvalue weighted by Gasteiger charge is 2.26. The fraction of sp³-hybridized carbons (Fsp3) is 0.269. The molecule has 1 aliphatic heterocycles. The molecule has 32 heavy (non-hydrogen) atoms. The van der Waals surface area contributed by atoms with E-state index in [1.807, 2.05) is 0 Å². The molecular weight excluding hydrogens is 413 g/mol. The Hall–Kier alpha value is -3.46. The molecule has 3 aromatic rings. The molecule has 1 aromatic heterocycles. The van der Waals surface area contributed by atoms with Gasteiger partial charge >= 0.3 is 0 Å². The summed E-state index contributed by atoms with van der Waals surface area (Å²) in [6, 6.07) is 4.93. The van der Waals surface area contributed by atoms with Crippen molar-refractivity contribution in [1.82, 2.24) is 9.88 Å². The summed E-state index contributed by atoms with van der Waals surface area (Å²) >= 11 is 0. The van der Waals surface area contributed by atoms with Gasteiger partial charge in [0.2, 0.25) is 5.88 Å². The Morgan fingerprint density at radius 2 is 1.88 bits per heavy atom. The van der Waals surface area contributed by atoms with E-state index in [2.05, 4.69) is 22.4 Å². The van der Waals surface area contributed by atoms with Crippen molar-refractivity contribution in [2.45, 2.75) is 26.2 Å². The molecule has 0 N–H and O–H groups in total. The van der Waals surface area contributed by atoms with Crippen LogP contribution in [0.25, 0.3) is 27.7 Å². The fourth-order valence-electron chi connectivity index (χ4n) is 4.37. The highest BCUT2D eigenvalue weighted by Crippen LogP contribution is 2.39. The monoisotopic (exact) mass is 436 g/mol. The number of methoxy groups -OCH3 is 1. The third-order valence-electron chi connectivity index (χ3n) is 5.99. The van der Waals surface area contributed by atoms with Crippen LogP contribution in [0.3, 0.4) is 0 Å². The van der Waals surface area contributed by atoms with Gasteiger partial charge in [-0.05, 0) is 49.8 Å². The Balaban J connectivity index is 1.98. The number of benzene rings is 2. The predicted molar refractivity (Wildman–Crippen MR) is 121 cm³/mol. The van der Waals surface area contributed by atoms with E-state index in [0.29, 0.717) is 16.6 Å². The van der Waals surface area contributed by atoms with Crippen molar-refractivity contribution in [2.24, 2.45) is 0 Å². The van der Waals surface area contributed by atoms with Crippen LogP contribution in [-0.2, 0) is 0 Å². The van der Waals surface area contributed by atoms with Crippen molar-refractivity contribution in [1.29, 1.82) is 0 Å². The van der Waals surface area contributed by atoms with E-state index in [4.69, 9.17) is 11.2 Å². The number of ether oxygens (including phenoxy) is 1. The van der Waals surface area contributed by atoms with Crippen LogP contribution < -0.4 is 4.74 Å². The summed E-state index contributed by atoms with van der Waals surface area (Å²) in [4.78, 5) is 6.49. The molecule has 2 aromatic carbocycles. The maximum atomic E-state index is 15.7. The second-order valence-electron chi connectivity index (χ2n) is 7.90. The molecule has 164 valence electrons. The van der Waals surface area contributed by atoms with E-state index in [-0.39, 0.29) is 33.7 Å². The minimum Gasteiger partial charge on any atom is -0.480 e. The Bertz CT molecular complexity index is 1270. The SMILES string of the molecule is C#Cc1c(F)ccc2cc(F)cc(-c3nc(OC)c(C(=C)N4CCCCC4)c(C)c3F)c12. The molecule has 0 radical (unpaired) electrons. The number of aromatic nitrogens is 1. The molecule has 1 aliphatic rings. The first-order valence-corrected chi connectivity index (χ1v) is 10.4. The van der Waals surface area contributed by atoms with Crippen LogP contribution in [0, 0.1) is 36.7 Å². The molecule has 1 saturated heterocycles. The number of nitrogens with zero attached hydrogens (tertiary/aromatic N) is 2. The number of rotatable bonds is 4. The van der Waals surface area contributed by atoms with Gasteiger partial charge < -0.3 is 9.64 Å². The van der Waals surface area contributed by atoms with Gasteiger partial charge in [-0.3, -0.25) is 0 Å². The first kappa shape index (κ1) is 21.8. The number of piperidine rings is 1. The molecule has 1 fully saturated rings. The zero-order valence-electron chi connectivity index (χ0n) is 18.1. The highest BCUT2D eigenvalue weighted by atomic mass is 19.1. The van der Waals surface area contributed by atoms with Crippen molar-refractivity contribution in [2.75, 3.05) is 20.2 Å². The summed E-state index contributed by atoms with van der Waals surface area (Å²) in [5, 5.41) is 0.582. The van der Waals surface area contributed by atoms with Crippen molar-refractivity contribution < 1.29 is 17.9 Å². The summed E-state index contributed by atoms with van der Waals surface area (Å²) in [7, 11) is 1.44. The number of hydrogen-bond donors (Lipinski definition) is 0. The minimum absolute atomic E-state index is 0.0708. The average molecular weight is 436 g/mol. The van der Waals surface area contributed by atoms with Crippen LogP contribution >= 0.6 is 0 Å². The van der Waals surface area contributed by atoms with Gasteiger partial charge in [-0.2, -0.15) is 0 Å². The Kier molecular flexibility index (Phi) is 5.84. The van der Waals surface area contributed by atoms with Crippen LogP contribution in [0.5, 0.6) is 5.88 Å². The first-order valence-electron chi connectivity index (χ1n) is 10.4. The minimum atomic E-state index is -0.655. The summed E-state index contributed by atoms with van der Waals surface area (Å²) in [5.41, 5.74) is 1.23. The summed E-state index contributed by atoms with van der Waals surface area (Å²) < 4.78 is 50.1. The molecule has 0 unspecified atom stereocenters. The maximum absolute atomic E-state index is 15.7. The van der Waals surface area contributed by atoms with Crippen LogP contribution in [0.1, 0.15) is 36.0 Å². The van der Waals surface area contributed by atoms with E-state index in [9.17, 15) is 8.78 Å². The van der Waals surface area contributed by atoms with Gasteiger partial charge in [0.05, 0.1) is 18.2 Å². The van der Waals surface area contributed by atoms with Gasteiger partial charge in [-0.15, -0.1) is 6.42 Å². The lowest BCUT2D eigenvalue weighted by Crippen LogP contribution is -2.28. The average Bonchev–Trinajstić information content (AvgIpc) is 2.80. The lowest BCUT2D eigenvalue weighted by atomic mass is 9.94. The number of pyridine rings is 1. The molecule has 0 aliphatic carbocycles. The third-order valence-corrected chi connectivity index (χ3v) is 5.99. The van der Waals surface area contributed by atoms with E-state index in [1.165, 1.54) is 25.3 Å². The van der Waals surface area contributed by atoms with E-state index < -0.39 is 17.5 Å². The second kappa shape index (κ2) is 8.58. The molecule has 4 rings (SSSR count). The Morgan fingerprint density at radius 1 is 1.16 bits per heavy atom. The van der Waals surface area contributed by atoms with Crippen LogP contribution in [0.15, 0.2) is 30.8 Å². The molecule has 3 nitrogen and oxygen atoms in total. The van der Waals surface area contributed by atoms with E-state index >= 15 is 4.39 Å². The molecule has 0 bridgehead atoms. The number of hydrogen-bond acceptors (Lipinski definition) is 3. The Labute approximate surface area is 185 Å². The standard InChI is InChI=1S/C26H23F3N2O/c1-5-19-21(28)10-9-17-13-18(27)14-20(23(17)19)25-24(29)15(2)22(26(30-25)32-4)16(3)31-11-7-6-8-12-31/h1,9-10,13-14H,3,6-8,11-12H2,2,4H3.